The lowest BCUT2D eigenvalue weighted by Crippen LogP contribution is -2.30. The van der Waals surface area contributed by atoms with Gasteiger partial charge in [-0.25, -0.2) is 0 Å². The van der Waals surface area contributed by atoms with E-state index in [2.05, 4.69) is 19.2 Å². The van der Waals surface area contributed by atoms with Crippen LogP contribution >= 0.6 is 11.6 Å². The highest BCUT2D eigenvalue weighted by Gasteiger charge is 2.18. The summed E-state index contributed by atoms with van der Waals surface area (Å²) in [6.45, 7) is 5.80. The molecule has 0 heterocycles. The summed E-state index contributed by atoms with van der Waals surface area (Å²) in [6.07, 6.45) is -0.764. The first-order valence-electron chi connectivity index (χ1n) is 7.79. The number of nitrogens with zero attached hydrogens (tertiary/aromatic N) is 1. The molecule has 7 heteroatoms. The minimum atomic E-state index is -0.764. The van der Waals surface area contributed by atoms with Crippen LogP contribution in [0.3, 0.4) is 0 Å². The van der Waals surface area contributed by atoms with E-state index in [0.29, 0.717) is 11.7 Å². The van der Waals surface area contributed by atoms with E-state index < -0.39 is 16.9 Å². The van der Waals surface area contributed by atoms with Crippen LogP contribution in [0.2, 0.25) is 5.02 Å². The van der Waals surface area contributed by atoms with Crippen molar-refractivity contribution in [3.05, 3.63) is 63.2 Å². The number of benzene rings is 2. The maximum absolute atomic E-state index is 12.2. The largest absolute Gasteiger partial charge is 0.481 e. The van der Waals surface area contributed by atoms with E-state index in [1.807, 2.05) is 24.3 Å². The highest BCUT2D eigenvalue weighted by atomic mass is 35.5. The van der Waals surface area contributed by atoms with Gasteiger partial charge in [0.25, 0.3) is 11.6 Å². The summed E-state index contributed by atoms with van der Waals surface area (Å²) in [5, 5.41) is 13.5. The Morgan fingerprint density at radius 1 is 1.16 bits per heavy atom. The van der Waals surface area contributed by atoms with E-state index in [-0.39, 0.29) is 16.4 Å². The van der Waals surface area contributed by atoms with Gasteiger partial charge in [-0.3, -0.25) is 14.9 Å². The van der Waals surface area contributed by atoms with Gasteiger partial charge in [0.05, 0.1) is 4.92 Å². The first-order valence-corrected chi connectivity index (χ1v) is 8.17. The number of rotatable bonds is 6. The van der Waals surface area contributed by atoms with E-state index in [1.54, 1.807) is 6.92 Å². The Labute approximate surface area is 150 Å². The Morgan fingerprint density at radius 3 is 2.36 bits per heavy atom. The van der Waals surface area contributed by atoms with Crippen molar-refractivity contribution in [2.75, 3.05) is 5.32 Å². The fourth-order valence-electron chi connectivity index (χ4n) is 2.16. The summed E-state index contributed by atoms with van der Waals surface area (Å²) in [7, 11) is 0. The molecular weight excluding hydrogens is 344 g/mol. The third kappa shape index (κ3) is 4.93. The third-order valence-corrected chi connectivity index (χ3v) is 3.96. The van der Waals surface area contributed by atoms with Gasteiger partial charge in [-0.1, -0.05) is 37.6 Å². The molecule has 0 aromatic heterocycles. The number of carbonyl (C=O) groups is 1. The molecule has 0 spiro atoms. The van der Waals surface area contributed by atoms with Crippen LogP contribution in [0.4, 0.5) is 11.4 Å². The van der Waals surface area contributed by atoms with Crippen LogP contribution in [0.15, 0.2) is 42.5 Å². The lowest BCUT2D eigenvalue weighted by atomic mass is 10.0. The number of carbonyl (C=O) groups excluding carboxylic acids is 1. The number of nitrogens with one attached hydrogen (secondary N) is 1. The van der Waals surface area contributed by atoms with Gasteiger partial charge in [0, 0.05) is 11.8 Å². The third-order valence-electron chi connectivity index (χ3n) is 3.64. The van der Waals surface area contributed by atoms with Gasteiger partial charge in [0.15, 0.2) is 6.10 Å². The number of nitro groups is 1. The van der Waals surface area contributed by atoms with Crippen LogP contribution in [-0.2, 0) is 4.79 Å². The first kappa shape index (κ1) is 18.7. The number of amides is 1. The Hall–Kier alpha value is -2.60. The summed E-state index contributed by atoms with van der Waals surface area (Å²) in [4.78, 5) is 22.5. The monoisotopic (exact) mass is 362 g/mol. The topological polar surface area (TPSA) is 81.5 Å². The van der Waals surface area contributed by atoms with Gasteiger partial charge in [-0.15, -0.1) is 0 Å². The van der Waals surface area contributed by atoms with Crippen molar-refractivity contribution in [1.29, 1.82) is 0 Å². The van der Waals surface area contributed by atoms with E-state index in [0.717, 1.165) is 0 Å². The van der Waals surface area contributed by atoms with Gasteiger partial charge in [-0.05, 0) is 42.7 Å². The number of ether oxygens (including phenoxy) is 1. The smallest absolute Gasteiger partial charge is 0.289 e. The summed E-state index contributed by atoms with van der Waals surface area (Å²) >= 11 is 5.75. The zero-order chi connectivity index (χ0) is 18.6. The van der Waals surface area contributed by atoms with Gasteiger partial charge in [-0.2, -0.15) is 0 Å². The van der Waals surface area contributed by atoms with Crippen molar-refractivity contribution < 1.29 is 14.5 Å². The van der Waals surface area contributed by atoms with Crippen LogP contribution in [0.25, 0.3) is 0 Å². The predicted octanol–water partition coefficient (Wildman–Crippen LogP) is 4.78. The van der Waals surface area contributed by atoms with Crippen molar-refractivity contribution in [3.63, 3.8) is 0 Å². The van der Waals surface area contributed by atoms with E-state index in [9.17, 15) is 14.9 Å². The van der Waals surface area contributed by atoms with Crippen molar-refractivity contribution in [1.82, 2.24) is 0 Å². The molecule has 132 valence electrons. The predicted molar refractivity (Wildman–Crippen MR) is 97.4 cm³/mol. The molecule has 1 atom stereocenters. The number of anilines is 1. The van der Waals surface area contributed by atoms with Crippen LogP contribution in [-0.4, -0.2) is 16.9 Å². The molecule has 1 N–H and O–H groups in total. The molecule has 2 aromatic rings. The van der Waals surface area contributed by atoms with Crippen molar-refractivity contribution >= 4 is 28.9 Å². The highest BCUT2D eigenvalue weighted by Crippen LogP contribution is 2.27. The Kier molecular flexibility index (Phi) is 5.98. The fourth-order valence-corrected chi connectivity index (χ4v) is 2.35. The number of halogens is 1. The van der Waals surface area contributed by atoms with Crippen LogP contribution in [0.5, 0.6) is 5.75 Å². The molecule has 0 aliphatic heterocycles. The SMILES string of the molecule is CC(C)c1ccc(O[C@H](C)C(=O)Nc2ccc(Cl)c([N+](=O)[O-])c2)cc1. The van der Waals surface area contributed by atoms with Gasteiger partial charge < -0.3 is 10.1 Å². The fraction of sp³-hybridized carbons (Fsp3) is 0.278. The summed E-state index contributed by atoms with van der Waals surface area (Å²) in [5.74, 6) is 0.578. The summed E-state index contributed by atoms with van der Waals surface area (Å²) in [5.41, 5.74) is 1.20. The Morgan fingerprint density at radius 2 is 1.80 bits per heavy atom. The van der Waals surface area contributed by atoms with E-state index >= 15 is 0 Å². The second-order valence-electron chi connectivity index (χ2n) is 5.90. The number of nitro benzene ring substituents is 1. The molecule has 0 aliphatic rings. The molecule has 2 rings (SSSR count). The lowest BCUT2D eigenvalue weighted by Gasteiger charge is -2.15. The molecule has 0 aliphatic carbocycles. The quantitative estimate of drug-likeness (QED) is 0.592. The normalized spacial score (nSPS) is 11.9. The average Bonchev–Trinajstić information content (AvgIpc) is 2.56. The lowest BCUT2D eigenvalue weighted by molar-refractivity contribution is -0.384. The second-order valence-corrected chi connectivity index (χ2v) is 6.30. The van der Waals surface area contributed by atoms with Crippen molar-refractivity contribution in [2.45, 2.75) is 32.8 Å². The van der Waals surface area contributed by atoms with Crippen LogP contribution in [0.1, 0.15) is 32.3 Å². The molecule has 0 saturated carbocycles. The molecule has 0 fully saturated rings. The molecule has 0 bridgehead atoms. The summed E-state index contributed by atoms with van der Waals surface area (Å²) < 4.78 is 5.61. The number of hydrogen-bond donors (Lipinski definition) is 1. The van der Waals surface area contributed by atoms with Gasteiger partial charge in [0.2, 0.25) is 0 Å². The number of hydrogen-bond acceptors (Lipinski definition) is 4. The van der Waals surface area contributed by atoms with E-state index in [4.69, 9.17) is 16.3 Å². The maximum Gasteiger partial charge on any atom is 0.289 e. The molecular formula is C18H19ClN2O4. The molecule has 1 amide bonds. The van der Waals surface area contributed by atoms with Crippen molar-refractivity contribution in [3.8, 4) is 5.75 Å². The molecule has 6 nitrogen and oxygen atoms in total. The molecule has 0 unspecified atom stereocenters. The van der Waals surface area contributed by atoms with Gasteiger partial charge in [0.1, 0.15) is 10.8 Å². The van der Waals surface area contributed by atoms with Crippen molar-refractivity contribution in [2.24, 2.45) is 0 Å². The molecule has 25 heavy (non-hydrogen) atoms. The maximum atomic E-state index is 12.2. The molecule has 0 saturated heterocycles. The average molecular weight is 363 g/mol. The Bertz CT molecular complexity index is 775. The van der Waals surface area contributed by atoms with E-state index in [1.165, 1.54) is 23.8 Å². The summed E-state index contributed by atoms with van der Waals surface area (Å²) in [6, 6.07) is 11.6. The van der Waals surface area contributed by atoms with Crippen LogP contribution < -0.4 is 10.1 Å². The zero-order valence-electron chi connectivity index (χ0n) is 14.2. The Balaban J connectivity index is 2.03. The highest BCUT2D eigenvalue weighted by molar-refractivity contribution is 6.32. The standard InChI is InChI=1S/C18H19ClN2O4/c1-11(2)13-4-7-15(8-5-13)25-12(3)18(22)20-14-6-9-16(19)17(10-14)21(23)24/h4-12H,1-3H3,(H,20,22)/t12-/m1/s1. The second kappa shape index (κ2) is 7.98. The first-order chi connectivity index (χ1) is 11.8. The minimum Gasteiger partial charge on any atom is -0.481 e. The minimum absolute atomic E-state index is 0.0116. The zero-order valence-corrected chi connectivity index (χ0v) is 14.9. The molecule has 2 aromatic carbocycles. The van der Waals surface area contributed by atoms with Crippen LogP contribution in [0, 0.1) is 10.1 Å². The van der Waals surface area contributed by atoms with Gasteiger partial charge >= 0.3 is 0 Å². The molecule has 0 radical (unpaired) electrons.